The van der Waals surface area contributed by atoms with Gasteiger partial charge in [-0.25, -0.2) is 4.98 Å². The van der Waals surface area contributed by atoms with Crippen molar-refractivity contribution in [2.24, 2.45) is 0 Å². The molecule has 3 heterocycles. The van der Waals surface area contributed by atoms with E-state index >= 15 is 0 Å². The molecule has 0 aliphatic carbocycles. The van der Waals surface area contributed by atoms with Crippen LogP contribution >= 0.6 is 0 Å². The molecule has 0 radical (unpaired) electrons. The number of nitrogens with zero attached hydrogens (tertiary/aromatic N) is 4. The molecule has 130 valence electrons. The average molecular weight is 338 g/mol. The molecule has 4 rings (SSSR count). The Morgan fingerprint density at radius 3 is 2.68 bits per heavy atom. The molecule has 2 fully saturated rings. The van der Waals surface area contributed by atoms with Crippen LogP contribution in [0.4, 0.5) is 11.5 Å². The smallest absolute Gasteiger partial charge is 0.295 e. The number of piperidine rings is 1. The molecule has 0 bridgehead atoms. The Morgan fingerprint density at radius 1 is 1.04 bits per heavy atom. The number of anilines is 1. The van der Waals surface area contributed by atoms with E-state index in [4.69, 9.17) is 4.98 Å². The van der Waals surface area contributed by atoms with Crippen molar-refractivity contribution in [3.8, 4) is 11.3 Å². The van der Waals surface area contributed by atoms with Gasteiger partial charge >= 0.3 is 0 Å². The highest BCUT2D eigenvalue weighted by Gasteiger charge is 2.30. The van der Waals surface area contributed by atoms with Gasteiger partial charge in [-0.15, -0.1) is 0 Å². The van der Waals surface area contributed by atoms with Crippen molar-refractivity contribution < 1.29 is 4.92 Å². The van der Waals surface area contributed by atoms with Crippen molar-refractivity contribution in [2.75, 3.05) is 31.1 Å². The molecule has 25 heavy (non-hydrogen) atoms. The van der Waals surface area contributed by atoms with E-state index in [2.05, 4.69) is 9.80 Å². The van der Waals surface area contributed by atoms with Crippen LogP contribution in [0.2, 0.25) is 0 Å². The Balaban J connectivity index is 1.65. The quantitative estimate of drug-likeness (QED) is 0.634. The fourth-order valence-electron chi connectivity index (χ4n) is 3.94. The lowest BCUT2D eigenvalue weighted by Crippen LogP contribution is -2.55. The minimum atomic E-state index is -0.349. The number of pyridine rings is 1. The summed E-state index contributed by atoms with van der Waals surface area (Å²) in [4.78, 5) is 20.6. The van der Waals surface area contributed by atoms with Crippen molar-refractivity contribution in [1.82, 2.24) is 9.88 Å². The van der Waals surface area contributed by atoms with Crippen LogP contribution < -0.4 is 4.90 Å². The third-order valence-electron chi connectivity index (χ3n) is 5.26. The van der Waals surface area contributed by atoms with E-state index in [1.165, 1.54) is 25.8 Å². The molecule has 2 saturated heterocycles. The first-order chi connectivity index (χ1) is 12.2. The maximum atomic E-state index is 11.4. The van der Waals surface area contributed by atoms with Crippen LogP contribution in [0.25, 0.3) is 11.3 Å². The SMILES string of the molecule is O=[N+]([O-])c1ccc(N2CCN3CCCCC3C2)nc1-c1ccccc1. The van der Waals surface area contributed by atoms with Gasteiger partial charge in [0.25, 0.3) is 5.69 Å². The molecule has 1 aromatic heterocycles. The molecule has 0 amide bonds. The highest BCUT2D eigenvalue weighted by molar-refractivity contribution is 5.71. The first-order valence-corrected chi connectivity index (χ1v) is 8.92. The van der Waals surface area contributed by atoms with Crippen LogP contribution in [-0.4, -0.2) is 47.0 Å². The molecule has 1 aromatic carbocycles. The fourth-order valence-corrected chi connectivity index (χ4v) is 3.94. The topological polar surface area (TPSA) is 62.5 Å². The fraction of sp³-hybridized carbons (Fsp3) is 0.421. The number of nitro groups is 1. The number of hydrogen-bond acceptors (Lipinski definition) is 5. The van der Waals surface area contributed by atoms with Crippen LogP contribution in [-0.2, 0) is 0 Å². The Hall–Kier alpha value is -2.47. The summed E-state index contributed by atoms with van der Waals surface area (Å²) in [6.45, 7) is 4.13. The van der Waals surface area contributed by atoms with Crippen LogP contribution in [0.15, 0.2) is 42.5 Å². The predicted molar refractivity (Wildman–Crippen MR) is 97.8 cm³/mol. The van der Waals surface area contributed by atoms with E-state index in [0.29, 0.717) is 11.7 Å². The molecule has 1 atom stereocenters. The number of piperazine rings is 1. The van der Waals surface area contributed by atoms with Crippen molar-refractivity contribution in [2.45, 2.75) is 25.3 Å². The Kier molecular flexibility index (Phi) is 4.36. The molecule has 2 aliphatic rings. The Labute approximate surface area is 147 Å². The highest BCUT2D eigenvalue weighted by atomic mass is 16.6. The standard InChI is InChI=1S/C19H22N4O2/c24-23(25)17-9-10-18(20-19(17)15-6-2-1-3-7-15)22-13-12-21-11-5-4-8-16(21)14-22/h1-3,6-7,9-10,16H,4-5,8,11-14H2. The number of rotatable bonds is 3. The van der Waals surface area contributed by atoms with Crippen LogP contribution in [0.1, 0.15) is 19.3 Å². The highest BCUT2D eigenvalue weighted by Crippen LogP contribution is 2.31. The largest absolute Gasteiger partial charge is 0.354 e. The number of hydrogen-bond donors (Lipinski definition) is 0. The van der Waals surface area contributed by atoms with E-state index in [0.717, 1.165) is 31.0 Å². The first-order valence-electron chi connectivity index (χ1n) is 8.92. The zero-order valence-electron chi connectivity index (χ0n) is 14.2. The summed E-state index contributed by atoms with van der Waals surface area (Å²) in [5.74, 6) is 0.842. The van der Waals surface area contributed by atoms with E-state index < -0.39 is 0 Å². The lowest BCUT2D eigenvalue weighted by molar-refractivity contribution is -0.384. The van der Waals surface area contributed by atoms with Gasteiger partial charge in [-0.3, -0.25) is 15.0 Å². The molecule has 6 heteroatoms. The second kappa shape index (κ2) is 6.80. The van der Waals surface area contributed by atoms with Gasteiger partial charge in [-0.1, -0.05) is 36.8 Å². The van der Waals surface area contributed by atoms with Gasteiger partial charge in [-0.05, 0) is 25.5 Å². The maximum Gasteiger partial charge on any atom is 0.295 e. The molecular formula is C19H22N4O2. The molecule has 2 aliphatic heterocycles. The number of aromatic nitrogens is 1. The summed E-state index contributed by atoms with van der Waals surface area (Å²) >= 11 is 0. The lowest BCUT2D eigenvalue weighted by atomic mass is 9.99. The van der Waals surface area contributed by atoms with Crippen LogP contribution in [0.3, 0.4) is 0 Å². The molecule has 0 N–H and O–H groups in total. The second-order valence-corrected chi connectivity index (χ2v) is 6.79. The summed E-state index contributed by atoms with van der Waals surface area (Å²) in [6.07, 6.45) is 3.82. The average Bonchev–Trinajstić information content (AvgIpc) is 2.67. The Bertz CT molecular complexity index is 765. The molecular weight excluding hydrogens is 316 g/mol. The van der Waals surface area contributed by atoms with Gasteiger partial charge in [-0.2, -0.15) is 0 Å². The number of fused-ring (bicyclic) bond motifs is 1. The zero-order chi connectivity index (χ0) is 17.2. The maximum absolute atomic E-state index is 11.4. The molecule has 2 aromatic rings. The third-order valence-corrected chi connectivity index (χ3v) is 5.26. The predicted octanol–water partition coefficient (Wildman–Crippen LogP) is 3.33. The summed E-state index contributed by atoms with van der Waals surface area (Å²) in [7, 11) is 0. The Morgan fingerprint density at radius 2 is 1.88 bits per heavy atom. The monoisotopic (exact) mass is 338 g/mol. The summed E-state index contributed by atoms with van der Waals surface area (Å²) in [5.41, 5.74) is 1.30. The van der Waals surface area contributed by atoms with Gasteiger partial charge in [0, 0.05) is 37.3 Å². The minimum Gasteiger partial charge on any atom is -0.354 e. The van der Waals surface area contributed by atoms with E-state index in [9.17, 15) is 10.1 Å². The van der Waals surface area contributed by atoms with Crippen LogP contribution in [0, 0.1) is 10.1 Å². The normalized spacial score (nSPS) is 21.0. The van der Waals surface area contributed by atoms with E-state index in [1.807, 2.05) is 30.3 Å². The summed E-state index contributed by atoms with van der Waals surface area (Å²) < 4.78 is 0. The van der Waals surface area contributed by atoms with Crippen LogP contribution in [0.5, 0.6) is 0 Å². The molecule has 0 saturated carbocycles. The van der Waals surface area contributed by atoms with Crippen molar-refractivity contribution in [3.63, 3.8) is 0 Å². The van der Waals surface area contributed by atoms with Crippen molar-refractivity contribution >= 4 is 11.5 Å². The van der Waals surface area contributed by atoms with E-state index in [1.54, 1.807) is 12.1 Å². The van der Waals surface area contributed by atoms with Gasteiger partial charge in [0.2, 0.25) is 0 Å². The van der Waals surface area contributed by atoms with Gasteiger partial charge in [0.1, 0.15) is 5.82 Å². The van der Waals surface area contributed by atoms with E-state index in [-0.39, 0.29) is 10.6 Å². The summed E-state index contributed by atoms with van der Waals surface area (Å²) in [6, 6.07) is 13.4. The number of benzene rings is 1. The van der Waals surface area contributed by atoms with Crippen molar-refractivity contribution in [1.29, 1.82) is 0 Å². The van der Waals surface area contributed by atoms with Gasteiger partial charge in [0.05, 0.1) is 4.92 Å². The second-order valence-electron chi connectivity index (χ2n) is 6.79. The third kappa shape index (κ3) is 3.22. The van der Waals surface area contributed by atoms with Gasteiger partial charge < -0.3 is 4.90 Å². The van der Waals surface area contributed by atoms with Crippen molar-refractivity contribution in [3.05, 3.63) is 52.6 Å². The first kappa shape index (κ1) is 16.0. The lowest BCUT2D eigenvalue weighted by Gasteiger charge is -2.44. The molecule has 6 nitrogen and oxygen atoms in total. The zero-order valence-corrected chi connectivity index (χ0v) is 14.2. The molecule has 0 spiro atoms. The van der Waals surface area contributed by atoms with Gasteiger partial charge in [0.15, 0.2) is 5.69 Å². The molecule has 1 unspecified atom stereocenters. The summed E-state index contributed by atoms with van der Waals surface area (Å²) in [5, 5.41) is 11.4. The minimum absolute atomic E-state index is 0.0613.